The van der Waals surface area contributed by atoms with E-state index in [0.717, 1.165) is 23.4 Å². The summed E-state index contributed by atoms with van der Waals surface area (Å²) in [5.41, 5.74) is 4.09. The van der Waals surface area contributed by atoms with Crippen molar-refractivity contribution in [2.45, 2.75) is 39.3 Å². The molecule has 1 aliphatic rings. The van der Waals surface area contributed by atoms with Gasteiger partial charge >= 0.3 is 0 Å². The van der Waals surface area contributed by atoms with E-state index >= 15 is 0 Å². The smallest absolute Gasteiger partial charge is 0.251 e. The summed E-state index contributed by atoms with van der Waals surface area (Å²) < 4.78 is 5.29. The first-order valence-corrected chi connectivity index (χ1v) is 9.39. The first kappa shape index (κ1) is 18.5. The van der Waals surface area contributed by atoms with Gasteiger partial charge in [0.15, 0.2) is 0 Å². The van der Waals surface area contributed by atoms with Gasteiger partial charge < -0.3 is 10.1 Å². The standard InChI is InChI=1S/C22H28N2O2/c1-17-6-11-20(14-21(17)26-2)22(25)23-15-18-7-9-19(10-8-18)16-24-12-4-3-5-13-24/h6-11,14H,3-5,12-13,15-16H2,1-2H3,(H,23,25). The number of nitrogens with one attached hydrogen (secondary N) is 1. The van der Waals surface area contributed by atoms with Crippen molar-refractivity contribution in [1.29, 1.82) is 0 Å². The molecular formula is C22H28N2O2. The number of amides is 1. The first-order chi connectivity index (χ1) is 12.7. The maximum absolute atomic E-state index is 12.4. The number of methoxy groups -OCH3 is 1. The Kier molecular flexibility index (Phi) is 6.29. The van der Waals surface area contributed by atoms with Crippen molar-refractivity contribution in [2.24, 2.45) is 0 Å². The molecule has 0 bridgehead atoms. The van der Waals surface area contributed by atoms with Crippen molar-refractivity contribution in [3.8, 4) is 5.75 Å². The SMILES string of the molecule is COc1cc(C(=O)NCc2ccc(CN3CCCCC3)cc2)ccc1C. The summed E-state index contributed by atoms with van der Waals surface area (Å²) >= 11 is 0. The molecule has 0 spiro atoms. The molecule has 2 aromatic rings. The van der Waals surface area contributed by atoms with Crippen LogP contribution in [0.3, 0.4) is 0 Å². The molecule has 0 aliphatic carbocycles. The molecule has 1 heterocycles. The second-order valence-electron chi connectivity index (χ2n) is 7.02. The van der Waals surface area contributed by atoms with Crippen molar-refractivity contribution in [3.05, 3.63) is 64.7 Å². The van der Waals surface area contributed by atoms with Crippen LogP contribution in [0.15, 0.2) is 42.5 Å². The lowest BCUT2D eigenvalue weighted by atomic mass is 10.1. The summed E-state index contributed by atoms with van der Waals surface area (Å²) in [5.74, 6) is 0.653. The lowest BCUT2D eigenvalue weighted by Gasteiger charge is -2.26. The van der Waals surface area contributed by atoms with Crippen LogP contribution in [-0.4, -0.2) is 31.0 Å². The van der Waals surface area contributed by atoms with Gasteiger partial charge in [0.2, 0.25) is 0 Å². The van der Waals surface area contributed by atoms with E-state index in [2.05, 4.69) is 34.5 Å². The molecule has 4 nitrogen and oxygen atoms in total. The number of likely N-dealkylation sites (tertiary alicyclic amines) is 1. The number of benzene rings is 2. The Bertz CT molecular complexity index is 734. The number of hydrogen-bond donors (Lipinski definition) is 1. The maximum Gasteiger partial charge on any atom is 0.251 e. The van der Waals surface area contributed by atoms with Gasteiger partial charge in [0, 0.05) is 18.7 Å². The van der Waals surface area contributed by atoms with Crippen LogP contribution in [0.1, 0.15) is 46.3 Å². The molecule has 1 N–H and O–H groups in total. The van der Waals surface area contributed by atoms with E-state index in [1.807, 2.05) is 19.1 Å². The van der Waals surface area contributed by atoms with Crippen molar-refractivity contribution in [2.75, 3.05) is 20.2 Å². The third kappa shape index (κ3) is 4.85. The van der Waals surface area contributed by atoms with Crippen LogP contribution in [0.4, 0.5) is 0 Å². The number of nitrogens with zero attached hydrogens (tertiary/aromatic N) is 1. The van der Waals surface area contributed by atoms with E-state index in [1.54, 1.807) is 13.2 Å². The fourth-order valence-corrected chi connectivity index (χ4v) is 3.38. The van der Waals surface area contributed by atoms with Gasteiger partial charge in [0.1, 0.15) is 5.75 Å². The van der Waals surface area contributed by atoms with Gasteiger partial charge in [-0.05, 0) is 61.7 Å². The Morgan fingerprint density at radius 1 is 1.04 bits per heavy atom. The highest BCUT2D eigenvalue weighted by Crippen LogP contribution is 2.19. The summed E-state index contributed by atoms with van der Waals surface area (Å²) in [6, 6.07) is 14.1. The lowest BCUT2D eigenvalue weighted by Crippen LogP contribution is -2.29. The Balaban J connectivity index is 1.53. The highest BCUT2D eigenvalue weighted by molar-refractivity contribution is 5.94. The van der Waals surface area contributed by atoms with Crippen LogP contribution in [0.5, 0.6) is 5.75 Å². The summed E-state index contributed by atoms with van der Waals surface area (Å²) in [7, 11) is 1.62. The van der Waals surface area contributed by atoms with Gasteiger partial charge in [-0.1, -0.05) is 36.8 Å². The fourth-order valence-electron chi connectivity index (χ4n) is 3.38. The Morgan fingerprint density at radius 3 is 2.42 bits per heavy atom. The van der Waals surface area contributed by atoms with E-state index in [-0.39, 0.29) is 5.91 Å². The lowest BCUT2D eigenvalue weighted by molar-refractivity contribution is 0.0950. The monoisotopic (exact) mass is 352 g/mol. The largest absolute Gasteiger partial charge is 0.496 e. The molecule has 4 heteroatoms. The molecule has 0 atom stereocenters. The van der Waals surface area contributed by atoms with E-state index in [4.69, 9.17) is 4.74 Å². The number of rotatable bonds is 6. The molecule has 1 saturated heterocycles. The fraction of sp³-hybridized carbons (Fsp3) is 0.409. The molecule has 1 fully saturated rings. The van der Waals surface area contributed by atoms with Gasteiger partial charge in [-0.15, -0.1) is 0 Å². The highest BCUT2D eigenvalue weighted by Gasteiger charge is 2.11. The molecule has 1 aliphatic heterocycles. The Labute approximate surface area is 156 Å². The quantitative estimate of drug-likeness (QED) is 0.857. The van der Waals surface area contributed by atoms with Gasteiger partial charge in [-0.2, -0.15) is 0 Å². The molecule has 138 valence electrons. The third-order valence-electron chi connectivity index (χ3n) is 5.00. The van der Waals surface area contributed by atoms with Crippen LogP contribution in [0, 0.1) is 6.92 Å². The van der Waals surface area contributed by atoms with Crippen LogP contribution in [0.2, 0.25) is 0 Å². The number of carbonyl (C=O) groups excluding carboxylic acids is 1. The summed E-state index contributed by atoms with van der Waals surface area (Å²) in [5, 5.41) is 2.98. The molecule has 0 saturated carbocycles. The van der Waals surface area contributed by atoms with Gasteiger partial charge in [0.25, 0.3) is 5.91 Å². The zero-order valence-corrected chi connectivity index (χ0v) is 15.8. The predicted octanol–water partition coefficient (Wildman–Crippen LogP) is 3.92. The molecular weight excluding hydrogens is 324 g/mol. The molecule has 0 unspecified atom stereocenters. The maximum atomic E-state index is 12.4. The number of piperidine rings is 1. The van der Waals surface area contributed by atoms with Gasteiger partial charge in [0.05, 0.1) is 7.11 Å². The predicted molar refractivity (Wildman–Crippen MR) is 104 cm³/mol. The number of aryl methyl sites for hydroxylation is 1. The van der Waals surface area contributed by atoms with Crippen LogP contribution >= 0.6 is 0 Å². The van der Waals surface area contributed by atoms with Crippen LogP contribution < -0.4 is 10.1 Å². The first-order valence-electron chi connectivity index (χ1n) is 9.39. The molecule has 3 rings (SSSR count). The molecule has 2 aromatic carbocycles. The van der Waals surface area contributed by atoms with E-state index < -0.39 is 0 Å². The highest BCUT2D eigenvalue weighted by atomic mass is 16.5. The summed E-state index contributed by atoms with van der Waals surface area (Å²) in [6.45, 7) is 5.93. The minimum Gasteiger partial charge on any atom is -0.496 e. The zero-order valence-electron chi connectivity index (χ0n) is 15.8. The summed E-state index contributed by atoms with van der Waals surface area (Å²) in [6.07, 6.45) is 3.99. The average Bonchev–Trinajstić information content (AvgIpc) is 2.68. The number of hydrogen-bond acceptors (Lipinski definition) is 3. The van der Waals surface area contributed by atoms with Gasteiger partial charge in [-0.25, -0.2) is 0 Å². The number of carbonyl (C=O) groups is 1. The minimum absolute atomic E-state index is 0.0827. The molecule has 0 aromatic heterocycles. The minimum atomic E-state index is -0.0827. The topological polar surface area (TPSA) is 41.6 Å². The Hall–Kier alpha value is -2.33. The van der Waals surface area contributed by atoms with Crippen molar-refractivity contribution in [1.82, 2.24) is 10.2 Å². The van der Waals surface area contributed by atoms with Crippen molar-refractivity contribution < 1.29 is 9.53 Å². The number of ether oxygens (including phenoxy) is 1. The van der Waals surface area contributed by atoms with E-state index in [9.17, 15) is 4.79 Å². The summed E-state index contributed by atoms with van der Waals surface area (Å²) in [4.78, 5) is 14.9. The average molecular weight is 352 g/mol. The second kappa shape index (κ2) is 8.86. The van der Waals surface area contributed by atoms with Crippen LogP contribution in [0.25, 0.3) is 0 Å². The Morgan fingerprint density at radius 2 is 1.73 bits per heavy atom. The normalized spacial score (nSPS) is 14.8. The third-order valence-corrected chi connectivity index (χ3v) is 5.00. The van der Waals surface area contributed by atoms with Gasteiger partial charge in [-0.3, -0.25) is 9.69 Å². The second-order valence-corrected chi connectivity index (χ2v) is 7.02. The molecule has 1 amide bonds. The van der Waals surface area contributed by atoms with E-state index in [1.165, 1.54) is 37.9 Å². The molecule has 26 heavy (non-hydrogen) atoms. The van der Waals surface area contributed by atoms with Crippen LogP contribution in [-0.2, 0) is 13.1 Å². The van der Waals surface area contributed by atoms with E-state index in [0.29, 0.717) is 12.1 Å². The van der Waals surface area contributed by atoms with Crippen molar-refractivity contribution >= 4 is 5.91 Å². The zero-order chi connectivity index (χ0) is 18.4. The molecule has 0 radical (unpaired) electrons. The van der Waals surface area contributed by atoms with Crippen molar-refractivity contribution in [3.63, 3.8) is 0 Å².